The van der Waals surface area contributed by atoms with Crippen molar-refractivity contribution < 1.29 is 18.0 Å². The monoisotopic (exact) mass is 437 g/mol. The van der Waals surface area contributed by atoms with Crippen LogP contribution in [0, 0.1) is 12.8 Å². The number of halogens is 4. The third kappa shape index (κ3) is 3.71. The first kappa shape index (κ1) is 20.5. The maximum Gasteiger partial charge on any atom is 0.419 e. The Morgan fingerprint density at radius 3 is 2.60 bits per heavy atom. The molecule has 3 aromatic rings. The van der Waals surface area contributed by atoms with Crippen LogP contribution in [0.1, 0.15) is 41.3 Å². The first-order chi connectivity index (χ1) is 14.1. The van der Waals surface area contributed by atoms with Gasteiger partial charge in [0, 0.05) is 29.0 Å². The fourth-order valence-corrected chi connectivity index (χ4v) is 3.76. The van der Waals surface area contributed by atoms with Gasteiger partial charge in [-0.15, -0.1) is 0 Å². The van der Waals surface area contributed by atoms with Crippen LogP contribution in [0.5, 0.6) is 0 Å². The molecule has 0 spiro atoms. The minimum absolute atomic E-state index is 0.231. The molecule has 5 nitrogen and oxygen atoms in total. The van der Waals surface area contributed by atoms with Crippen LogP contribution < -0.4 is 10.9 Å². The van der Waals surface area contributed by atoms with E-state index >= 15 is 0 Å². The summed E-state index contributed by atoms with van der Waals surface area (Å²) in [6, 6.07) is 4.84. The third-order valence-corrected chi connectivity index (χ3v) is 5.87. The first-order valence-corrected chi connectivity index (χ1v) is 9.86. The predicted octanol–water partition coefficient (Wildman–Crippen LogP) is 4.80. The number of carbonyl (C=O) groups excluding carboxylic acids is 1. The number of amides is 1. The Bertz CT molecular complexity index is 1210. The topological polar surface area (TPSA) is 66.4 Å². The summed E-state index contributed by atoms with van der Waals surface area (Å²) < 4.78 is 42.5. The van der Waals surface area contributed by atoms with Crippen molar-refractivity contribution in [2.24, 2.45) is 5.92 Å². The third-order valence-electron chi connectivity index (χ3n) is 5.46. The summed E-state index contributed by atoms with van der Waals surface area (Å²) >= 11 is 6.13. The number of fused-ring (bicyclic) bond motifs is 1. The average molecular weight is 438 g/mol. The molecule has 1 fully saturated rings. The van der Waals surface area contributed by atoms with Crippen LogP contribution in [0.3, 0.4) is 0 Å². The molecule has 0 saturated heterocycles. The highest BCUT2D eigenvalue weighted by atomic mass is 35.5. The molecule has 1 aliphatic rings. The van der Waals surface area contributed by atoms with Crippen LogP contribution in [0.25, 0.3) is 16.8 Å². The molecule has 1 aromatic carbocycles. The highest BCUT2D eigenvalue weighted by Gasteiger charge is 2.41. The molecule has 0 unspecified atom stereocenters. The molecule has 0 radical (unpaired) electrons. The Hall–Kier alpha value is -2.74. The van der Waals surface area contributed by atoms with Gasteiger partial charge in [-0.05, 0) is 44.2 Å². The van der Waals surface area contributed by atoms with Crippen molar-refractivity contribution >= 4 is 23.0 Å². The van der Waals surface area contributed by atoms with Gasteiger partial charge in [0.2, 0.25) is 0 Å². The lowest BCUT2D eigenvalue weighted by Gasteiger charge is -2.14. The van der Waals surface area contributed by atoms with Gasteiger partial charge in [0.05, 0.1) is 16.8 Å². The number of hydrogen-bond acceptors (Lipinski definition) is 2. The zero-order chi connectivity index (χ0) is 21.8. The molecule has 30 heavy (non-hydrogen) atoms. The van der Waals surface area contributed by atoms with Gasteiger partial charge < -0.3 is 14.7 Å². The zero-order valence-electron chi connectivity index (χ0n) is 16.2. The molecule has 1 amide bonds. The van der Waals surface area contributed by atoms with Crippen molar-refractivity contribution in [3.63, 3.8) is 0 Å². The van der Waals surface area contributed by atoms with Crippen molar-refractivity contribution in [2.75, 3.05) is 0 Å². The summed E-state index contributed by atoms with van der Waals surface area (Å²) in [5, 5.41) is 3.09. The van der Waals surface area contributed by atoms with E-state index in [1.807, 2.05) is 6.92 Å². The second-order valence-corrected chi connectivity index (χ2v) is 8.14. The van der Waals surface area contributed by atoms with E-state index in [9.17, 15) is 22.8 Å². The van der Waals surface area contributed by atoms with E-state index in [4.69, 9.17) is 11.6 Å². The van der Waals surface area contributed by atoms with Gasteiger partial charge in [-0.2, -0.15) is 13.2 Å². The summed E-state index contributed by atoms with van der Waals surface area (Å²) in [7, 11) is 0. The lowest BCUT2D eigenvalue weighted by atomic mass is 10.1. The van der Waals surface area contributed by atoms with Crippen LogP contribution in [-0.4, -0.2) is 21.3 Å². The molecule has 1 saturated carbocycles. The summed E-state index contributed by atoms with van der Waals surface area (Å²) in [6.45, 7) is 3.58. The predicted molar refractivity (Wildman–Crippen MR) is 108 cm³/mol. The first-order valence-electron chi connectivity index (χ1n) is 9.49. The smallest absolute Gasteiger partial charge is 0.349 e. The number of H-pyrrole nitrogens is 1. The van der Waals surface area contributed by atoms with E-state index in [1.54, 1.807) is 25.1 Å². The van der Waals surface area contributed by atoms with Crippen LogP contribution in [0.4, 0.5) is 13.2 Å². The molecular formula is C21H19ClF3N3O2. The minimum atomic E-state index is -4.87. The van der Waals surface area contributed by atoms with E-state index in [2.05, 4.69) is 10.3 Å². The van der Waals surface area contributed by atoms with Gasteiger partial charge >= 0.3 is 6.18 Å². The van der Waals surface area contributed by atoms with Gasteiger partial charge in [0.25, 0.3) is 11.5 Å². The molecule has 9 heteroatoms. The molecule has 2 aromatic heterocycles. The lowest BCUT2D eigenvalue weighted by molar-refractivity contribution is -0.136. The molecule has 0 bridgehead atoms. The van der Waals surface area contributed by atoms with E-state index in [0.717, 1.165) is 29.0 Å². The number of carbonyl (C=O) groups is 1. The number of rotatable bonds is 4. The normalized spacial score (nSPS) is 15.4. The van der Waals surface area contributed by atoms with Crippen molar-refractivity contribution in [1.29, 1.82) is 0 Å². The Morgan fingerprint density at radius 2 is 2.00 bits per heavy atom. The molecule has 1 aliphatic carbocycles. The number of aromatic nitrogens is 2. The molecule has 4 rings (SSSR count). The van der Waals surface area contributed by atoms with Gasteiger partial charge in [-0.1, -0.05) is 23.7 Å². The lowest BCUT2D eigenvalue weighted by Crippen LogP contribution is -2.34. The van der Waals surface area contributed by atoms with Gasteiger partial charge in [0.15, 0.2) is 0 Å². The zero-order valence-corrected chi connectivity index (χ0v) is 17.0. The largest absolute Gasteiger partial charge is 0.419 e. The maximum atomic E-state index is 13.8. The summed E-state index contributed by atoms with van der Waals surface area (Å²) in [6.07, 6.45) is -0.581. The molecule has 158 valence electrons. The second-order valence-electron chi connectivity index (χ2n) is 7.73. The van der Waals surface area contributed by atoms with Crippen LogP contribution in [-0.2, 0) is 6.18 Å². The maximum absolute atomic E-state index is 13.8. The van der Waals surface area contributed by atoms with Crippen LogP contribution in [0.2, 0.25) is 5.02 Å². The summed E-state index contributed by atoms with van der Waals surface area (Å²) in [5.74, 6) is -0.564. The Morgan fingerprint density at radius 1 is 1.30 bits per heavy atom. The van der Waals surface area contributed by atoms with Crippen LogP contribution in [0.15, 0.2) is 35.4 Å². The minimum Gasteiger partial charge on any atom is -0.349 e. The molecule has 1 atom stereocenters. The fraction of sp³-hybridized carbons (Fsp3) is 0.333. The van der Waals surface area contributed by atoms with Crippen LogP contribution >= 0.6 is 11.6 Å². The fourth-order valence-electron chi connectivity index (χ4n) is 3.58. The number of aryl methyl sites for hydroxylation is 1. The molecule has 2 N–H and O–H groups in total. The van der Waals surface area contributed by atoms with E-state index in [-0.39, 0.29) is 17.7 Å². The number of nitrogens with one attached hydrogen (secondary N) is 2. The van der Waals surface area contributed by atoms with Gasteiger partial charge in [-0.3, -0.25) is 9.59 Å². The molecular weight excluding hydrogens is 419 g/mol. The summed E-state index contributed by atoms with van der Waals surface area (Å²) in [5.41, 5.74) is -1.71. The van der Waals surface area contributed by atoms with Crippen molar-refractivity contribution in [2.45, 2.75) is 38.9 Å². The number of hydrogen-bond donors (Lipinski definition) is 2. The van der Waals surface area contributed by atoms with E-state index in [1.165, 1.54) is 6.20 Å². The molecule has 2 heterocycles. The number of alkyl halides is 3. The summed E-state index contributed by atoms with van der Waals surface area (Å²) in [4.78, 5) is 27.7. The van der Waals surface area contributed by atoms with E-state index < -0.39 is 34.3 Å². The number of nitrogens with zero attached hydrogens (tertiary/aromatic N) is 1. The number of aromatic amines is 1. The second kappa shape index (κ2) is 7.19. The standard InChI is InChI=1S/C21H19ClF3N3O2/c1-10-3-4-13(7-15(10)22)16-9-28-8-14(19(29)26-11(2)12-5-6-12)17(21(23,24)25)18(28)20(30)27-16/h3-4,7-9,11-12H,5-6H2,1-2H3,(H,26,29)(H,27,30)/t11-/m0/s1. The average Bonchev–Trinajstić information content (AvgIpc) is 3.42. The highest BCUT2D eigenvalue weighted by Crippen LogP contribution is 2.37. The van der Waals surface area contributed by atoms with Crippen molar-refractivity contribution in [3.05, 3.63) is 62.7 Å². The SMILES string of the molecule is Cc1ccc(-c2cn3cc(C(=O)N[C@@H](C)C4CC4)c(C(F)(F)F)c3c(=O)[nH]2)cc1Cl. The van der Waals surface area contributed by atoms with Crippen molar-refractivity contribution in [1.82, 2.24) is 14.7 Å². The Balaban J connectivity index is 1.86. The van der Waals surface area contributed by atoms with E-state index in [0.29, 0.717) is 10.6 Å². The Labute approximate surface area is 174 Å². The Kier molecular flexibility index (Phi) is 4.92. The number of benzene rings is 1. The highest BCUT2D eigenvalue weighted by molar-refractivity contribution is 6.31. The van der Waals surface area contributed by atoms with Gasteiger partial charge in [0.1, 0.15) is 5.52 Å². The quantitative estimate of drug-likeness (QED) is 0.615. The van der Waals surface area contributed by atoms with Crippen molar-refractivity contribution in [3.8, 4) is 11.3 Å². The van der Waals surface area contributed by atoms with Gasteiger partial charge in [-0.25, -0.2) is 0 Å². The molecule has 0 aliphatic heterocycles.